The Hall–Kier alpha value is -3.06. The lowest BCUT2D eigenvalue weighted by atomic mass is 10.1. The third kappa shape index (κ3) is 6.50. The molecular formula is C21H23ClN2O5. The first-order chi connectivity index (χ1) is 13.8. The quantitative estimate of drug-likeness (QED) is 0.631. The van der Waals surface area contributed by atoms with Crippen molar-refractivity contribution in [2.24, 2.45) is 0 Å². The van der Waals surface area contributed by atoms with Gasteiger partial charge in [-0.2, -0.15) is 0 Å². The first-order valence-corrected chi connectivity index (χ1v) is 9.35. The second-order valence-corrected chi connectivity index (χ2v) is 6.67. The van der Waals surface area contributed by atoms with Gasteiger partial charge < -0.3 is 19.7 Å². The molecule has 0 aliphatic rings. The Balaban J connectivity index is 1.92. The SMILES string of the molecule is CCC(=O)c1cc(Cl)ccc1OCC(=O)N(C)CC(=O)Nc1cccc(OC)c1. The summed E-state index contributed by atoms with van der Waals surface area (Å²) in [6.07, 6.45) is 0.287. The van der Waals surface area contributed by atoms with Crippen molar-refractivity contribution in [3.63, 3.8) is 0 Å². The number of nitrogens with zero attached hydrogens (tertiary/aromatic N) is 1. The number of hydrogen-bond acceptors (Lipinski definition) is 5. The summed E-state index contributed by atoms with van der Waals surface area (Å²) in [7, 11) is 3.03. The molecule has 0 spiro atoms. The summed E-state index contributed by atoms with van der Waals surface area (Å²) in [4.78, 5) is 37.8. The first kappa shape index (κ1) is 22.2. The first-order valence-electron chi connectivity index (χ1n) is 8.97. The molecule has 154 valence electrons. The Morgan fingerprint density at radius 1 is 1.14 bits per heavy atom. The lowest BCUT2D eigenvalue weighted by molar-refractivity contribution is -0.135. The zero-order chi connectivity index (χ0) is 21.4. The minimum absolute atomic E-state index is 0.138. The van der Waals surface area contributed by atoms with Crippen molar-refractivity contribution in [3.8, 4) is 11.5 Å². The highest BCUT2D eigenvalue weighted by Crippen LogP contribution is 2.24. The fraction of sp³-hybridized carbons (Fsp3) is 0.286. The maximum Gasteiger partial charge on any atom is 0.260 e. The number of ether oxygens (including phenoxy) is 2. The highest BCUT2D eigenvalue weighted by molar-refractivity contribution is 6.31. The molecule has 2 aromatic carbocycles. The second kappa shape index (κ2) is 10.5. The van der Waals surface area contributed by atoms with Crippen LogP contribution in [0.15, 0.2) is 42.5 Å². The Morgan fingerprint density at radius 3 is 2.59 bits per heavy atom. The van der Waals surface area contributed by atoms with Gasteiger partial charge in [0.2, 0.25) is 5.91 Å². The van der Waals surface area contributed by atoms with E-state index >= 15 is 0 Å². The van der Waals surface area contributed by atoms with Gasteiger partial charge in [0.15, 0.2) is 12.4 Å². The monoisotopic (exact) mass is 418 g/mol. The smallest absolute Gasteiger partial charge is 0.260 e. The van der Waals surface area contributed by atoms with Gasteiger partial charge >= 0.3 is 0 Å². The van der Waals surface area contributed by atoms with E-state index in [0.29, 0.717) is 22.0 Å². The van der Waals surface area contributed by atoms with Crippen molar-refractivity contribution < 1.29 is 23.9 Å². The molecule has 0 bridgehead atoms. The van der Waals surface area contributed by atoms with Crippen LogP contribution in [0.4, 0.5) is 5.69 Å². The molecule has 0 atom stereocenters. The van der Waals surface area contributed by atoms with Crippen molar-refractivity contribution in [2.45, 2.75) is 13.3 Å². The van der Waals surface area contributed by atoms with E-state index in [1.807, 2.05) is 0 Å². The zero-order valence-corrected chi connectivity index (χ0v) is 17.3. The number of Topliss-reactive ketones (excluding diaryl/α,β-unsaturated/α-hetero) is 1. The Bertz CT molecular complexity index is 900. The Labute approximate surface area is 174 Å². The number of amides is 2. The molecule has 7 nitrogen and oxygen atoms in total. The molecule has 0 aromatic heterocycles. The van der Waals surface area contributed by atoms with Crippen molar-refractivity contribution in [1.29, 1.82) is 0 Å². The molecule has 2 rings (SSSR count). The maximum atomic E-state index is 12.3. The largest absolute Gasteiger partial charge is 0.497 e. The molecule has 0 heterocycles. The van der Waals surface area contributed by atoms with Gasteiger partial charge in [0.25, 0.3) is 5.91 Å². The van der Waals surface area contributed by atoms with Crippen LogP contribution >= 0.6 is 11.6 Å². The molecule has 1 N–H and O–H groups in total. The van der Waals surface area contributed by atoms with Crippen LogP contribution in [0, 0.1) is 0 Å². The molecule has 8 heteroatoms. The molecule has 2 amide bonds. The normalized spacial score (nSPS) is 10.2. The topological polar surface area (TPSA) is 84.9 Å². The van der Waals surface area contributed by atoms with Crippen LogP contribution in [0.25, 0.3) is 0 Å². The number of benzene rings is 2. The fourth-order valence-corrected chi connectivity index (χ4v) is 2.66. The van der Waals surface area contributed by atoms with Gasteiger partial charge in [-0.3, -0.25) is 14.4 Å². The van der Waals surface area contributed by atoms with E-state index in [1.165, 1.54) is 25.1 Å². The zero-order valence-electron chi connectivity index (χ0n) is 16.5. The summed E-state index contributed by atoms with van der Waals surface area (Å²) in [5.41, 5.74) is 0.890. The molecule has 29 heavy (non-hydrogen) atoms. The summed E-state index contributed by atoms with van der Waals surface area (Å²) in [5.74, 6) is -0.0103. The summed E-state index contributed by atoms with van der Waals surface area (Å²) in [6.45, 7) is 1.27. The van der Waals surface area contributed by atoms with E-state index in [4.69, 9.17) is 21.1 Å². The van der Waals surface area contributed by atoms with Gasteiger partial charge in [-0.1, -0.05) is 24.6 Å². The summed E-state index contributed by atoms with van der Waals surface area (Å²) >= 11 is 5.94. The van der Waals surface area contributed by atoms with Crippen molar-refractivity contribution >= 4 is 34.9 Å². The predicted octanol–water partition coefficient (Wildman–Crippen LogP) is 3.42. The number of anilines is 1. The minimum atomic E-state index is -0.407. The molecule has 0 saturated carbocycles. The molecule has 0 fully saturated rings. The number of methoxy groups -OCH3 is 1. The van der Waals surface area contributed by atoms with Gasteiger partial charge in [-0.15, -0.1) is 0 Å². The lowest BCUT2D eigenvalue weighted by Crippen LogP contribution is -2.37. The van der Waals surface area contributed by atoms with Crippen molar-refractivity contribution in [1.82, 2.24) is 4.90 Å². The van der Waals surface area contributed by atoms with Gasteiger partial charge in [-0.05, 0) is 30.3 Å². The van der Waals surface area contributed by atoms with Crippen LogP contribution in [-0.4, -0.2) is 49.8 Å². The highest BCUT2D eigenvalue weighted by atomic mass is 35.5. The second-order valence-electron chi connectivity index (χ2n) is 6.24. The average Bonchev–Trinajstić information content (AvgIpc) is 2.71. The molecule has 2 aromatic rings. The third-order valence-electron chi connectivity index (χ3n) is 4.07. The van der Waals surface area contributed by atoms with Crippen molar-refractivity contribution in [2.75, 3.05) is 32.6 Å². The summed E-state index contributed by atoms with van der Waals surface area (Å²) in [5, 5.41) is 3.11. The molecule has 0 unspecified atom stereocenters. The third-order valence-corrected chi connectivity index (χ3v) is 4.31. The van der Waals surface area contributed by atoms with Crippen LogP contribution in [0.1, 0.15) is 23.7 Å². The predicted molar refractivity (Wildman–Crippen MR) is 111 cm³/mol. The van der Waals surface area contributed by atoms with Crippen LogP contribution in [0.3, 0.4) is 0 Å². The maximum absolute atomic E-state index is 12.3. The number of carbonyl (C=O) groups is 3. The average molecular weight is 419 g/mol. The fourth-order valence-electron chi connectivity index (χ4n) is 2.49. The Morgan fingerprint density at radius 2 is 1.90 bits per heavy atom. The number of hydrogen-bond donors (Lipinski definition) is 1. The van der Waals surface area contributed by atoms with E-state index in [-0.39, 0.29) is 37.0 Å². The van der Waals surface area contributed by atoms with Crippen molar-refractivity contribution in [3.05, 3.63) is 53.1 Å². The number of nitrogens with one attached hydrogen (secondary N) is 1. The van der Waals surface area contributed by atoms with E-state index in [0.717, 1.165) is 0 Å². The van der Waals surface area contributed by atoms with Crippen LogP contribution < -0.4 is 14.8 Å². The van der Waals surface area contributed by atoms with Gasteiger partial charge in [0.1, 0.15) is 11.5 Å². The molecule has 0 saturated heterocycles. The van der Waals surface area contributed by atoms with E-state index in [2.05, 4.69) is 5.32 Å². The summed E-state index contributed by atoms with van der Waals surface area (Å²) < 4.78 is 10.6. The van der Waals surface area contributed by atoms with Crippen LogP contribution in [0.2, 0.25) is 5.02 Å². The van der Waals surface area contributed by atoms with Gasteiger partial charge in [0, 0.05) is 30.2 Å². The number of likely N-dealkylation sites (N-methyl/N-ethyl adjacent to an activating group) is 1. The number of rotatable bonds is 9. The molecule has 0 aliphatic carbocycles. The summed E-state index contributed by atoms with van der Waals surface area (Å²) in [6, 6.07) is 11.6. The van der Waals surface area contributed by atoms with Crippen LogP contribution in [-0.2, 0) is 9.59 Å². The van der Waals surface area contributed by atoms with E-state index in [1.54, 1.807) is 43.3 Å². The number of ketones is 1. The minimum Gasteiger partial charge on any atom is -0.497 e. The molecule has 0 radical (unpaired) electrons. The standard InChI is InChI=1S/C21H23ClN2O5/c1-4-18(25)17-10-14(22)8-9-19(17)29-13-21(27)24(2)12-20(26)23-15-6-5-7-16(11-15)28-3/h5-11H,4,12-13H2,1-3H3,(H,23,26). The Kier molecular flexibility index (Phi) is 8.03. The van der Waals surface area contributed by atoms with Gasteiger partial charge in [0.05, 0.1) is 19.2 Å². The number of halogens is 1. The highest BCUT2D eigenvalue weighted by Gasteiger charge is 2.17. The lowest BCUT2D eigenvalue weighted by Gasteiger charge is -2.18. The van der Waals surface area contributed by atoms with E-state index < -0.39 is 5.91 Å². The van der Waals surface area contributed by atoms with Crippen LogP contribution in [0.5, 0.6) is 11.5 Å². The number of carbonyl (C=O) groups excluding carboxylic acids is 3. The van der Waals surface area contributed by atoms with E-state index in [9.17, 15) is 14.4 Å². The molecular weight excluding hydrogens is 396 g/mol. The molecule has 0 aliphatic heterocycles. The van der Waals surface area contributed by atoms with Gasteiger partial charge in [-0.25, -0.2) is 0 Å².